The number of rotatable bonds is 3. The Morgan fingerprint density at radius 2 is 2.29 bits per heavy atom. The lowest BCUT2D eigenvalue weighted by Crippen LogP contribution is -2.34. The second-order valence-electron chi connectivity index (χ2n) is 3.82. The van der Waals surface area contributed by atoms with Gasteiger partial charge in [-0.25, -0.2) is 0 Å². The number of hydrogen-bond donors (Lipinski definition) is 1. The fourth-order valence-electron chi connectivity index (χ4n) is 1.61. The van der Waals surface area contributed by atoms with Crippen LogP contribution < -0.4 is 10.1 Å². The van der Waals surface area contributed by atoms with E-state index in [2.05, 4.69) is 21.2 Å². The molecule has 17 heavy (non-hydrogen) atoms. The van der Waals surface area contributed by atoms with E-state index in [0.717, 1.165) is 0 Å². The summed E-state index contributed by atoms with van der Waals surface area (Å²) in [6, 6.07) is 5.09. The Balaban J connectivity index is 2.28. The first kappa shape index (κ1) is 12.1. The maximum absolute atomic E-state index is 11.7. The van der Waals surface area contributed by atoms with E-state index in [1.54, 1.807) is 25.1 Å². The number of benzene rings is 1. The molecule has 1 aliphatic rings. The van der Waals surface area contributed by atoms with E-state index in [1.807, 2.05) is 0 Å². The average Bonchev–Trinajstić information content (AvgIpc) is 2.30. The van der Waals surface area contributed by atoms with Crippen LogP contribution in [0.25, 0.3) is 0 Å². The summed E-state index contributed by atoms with van der Waals surface area (Å²) in [5.74, 6) is 0.452. The molecule has 0 saturated heterocycles. The lowest BCUT2D eigenvalue weighted by molar-refractivity contribution is -0.122. The fourth-order valence-corrected chi connectivity index (χ4v) is 1.97. The molecule has 0 bridgehead atoms. The minimum Gasteiger partial charge on any atom is -0.479 e. The highest BCUT2D eigenvalue weighted by atomic mass is 79.9. The van der Waals surface area contributed by atoms with Crippen molar-refractivity contribution in [3.8, 4) is 5.75 Å². The van der Waals surface area contributed by atoms with Crippen molar-refractivity contribution in [1.82, 2.24) is 0 Å². The number of anilines is 1. The zero-order valence-electron chi connectivity index (χ0n) is 9.33. The molecule has 0 aliphatic carbocycles. The predicted octanol–water partition coefficient (Wildman–Crippen LogP) is 2.37. The maximum atomic E-state index is 11.7. The summed E-state index contributed by atoms with van der Waals surface area (Å²) in [5, 5.41) is 3.35. The van der Waals surface area contributed by atoms with Crippen LogP contribution in [-0.2, 0) is 4.79 Å². The quantitative estimate of drug-likeness (QED) is 0.688. The van der Waals surface area contributed by atoms with E-state index in [0.29, 0.717) is 28.8 Å². The van der Waals surface area contributed by atoms with Crippen LogP contribution >= 0.6 is 15.9 Å². The van der Waals surface area contributed by atoms with Crippen molar-refractivity contribution in [3.63, 3.8) is 0 Å². The van der Waals surface area contributed by atoms with Gasteiger partial charge in [0.2, 0.25) is 0 Å². The molecule has 0 radical (unpaired) electrons. The highest BCUT2D eigenvalue weighted by molar-refractivity contribution is 9.09. The van der Waals surface area contributed by atoms with Crippen LogP contribution in [0.3, 0.4) is 0 Å². The Hall–Kier alpha value is -1.36. The fraction of sp³-hybridized carbons (Fsp3) is 0.333. The van der Waals surface area contributed by atoms with Crippen LogP contribution in [0.2, 0.25) is 0 Å². The number of halogens is 1. The van der Waals surface area contributed by atoms with E-state index in [1.165, 1.54) is 0 Å². The number of ether oxygens (including phenoxy) is 1. The predicted molar refractivity (Wildman–Crippen MR) is 67.9 cm³/mol. The van der Waals surface area contributed by atoms with Crippen LogP contribution in [0.4, 0.5) is 5.69 Å². The molecule has 4 nitrogen and oxygen atoms in total. The zero-order valence-corrected chi connectivity index (χ0v) is 10.9. The molecule has 1 heterocycles. The molecule has 0 saturated carbocycles. The van der Waals surface area contributed by atoms with Gasteiger partial charge in [0.1, 0.15) is 5.75 Å². The smallest absolute Gasteiger partial charge is 0.265 e. The summed E-state index contributed by atoms with van der Waals surface area (Å²) in [4.78, 5) is 23.1. The summed E-state index contributed by atoms with van der Waals surface area (Å²) in [6.45, 7) is 1.68. The number of carbonyl (C=O) groups is 2. The van der Waals surface area contributed by atoms with E-state index >= 15 is 0 Å². The molecule has 0 fully saturated rings. The highest BCUT2D eigenvalue weighted by Crippen LogP contribution is 2.30. The molecule has 1 aliphatic heterocycles. The zero-order chi connectivity index (χ0) is 12.4. The van der Waals surface area contributed by atoms with Gasteiger partial charge in [-0.05, 0) is 25.1 Å². The lowest BCUT2D eigenvalue weighted by atomic mass is 10.1. The normalized spacial score (nSPS) is 18.0. The number of hydrogen-bond acceptors (Lipinski definition) is 3. The number of ketones is 1. The number of amides is 1. The van der Waals surface area contributed by atoms with E-state index < -0.39 is 6.10 Å². The van der Waals surface area contributed by atoms with Crippen molar-refractivity contribution in [2.24, 2.45) is 0 Å². The van der Waals surface area contributed by atoms with Crippen molar-refractivity contribution in [3.05, 3.63) is 23.8 Å². The minimum atomic E-state index is -0.494. The lowest BCUT2D eigenvalue weighted by Gasteiger charge is -2.23. The van der Waals surface area contributed by atoms with Crippen molar-refractivity contribution in [1.29, 1.82) is 0 Å². The molecule has 2 rings (SSSR count). The van der Waals surface area contributed by atoms with Gasteiger partial charge >= 0.3 is 0 Å². The second kappa shape index (κ2) is 4.87. The van der Waals surface area contributed by atoms with Gasteiger partial charge < -0.3 is 10.1 Å². The van der Waals surface area contributed by atoms with Crippen LogP contribution in [0.1, 0.15) is 23.7 Å². The molecule has 1 aromatic carbocycles. The first-order chi connectivity index (χ1) is 8.11. The molecule has 1 amide bonds. The van der Waals surface area contributed by atoms with Crippen molar-refractivity contribution < 1.29 is 14.3 Å². The number of alkyl halides is 1. The third-order valence-corrected chi connectivity index (χ3v) is 2.95. The van der Waals surface area contributed by atoms with Crippen LogP contribution in [-0.4, -0.2) is 23.1 Å². The van der Waals surface area contributed by atoms with E-state index in [9.17, 15) is 9.59 Å². The second-order valence-corrected chi connectivity index (χ2v) is 4.62. The number of fused-ring (bicyclic) bond motifs is 1. The monoisotopic (exact) mass is 297 g/mol. The van der Waals surface area contributed by atoms with Crippen molar-refractivity contribution >= 4 is 33.3 Å². The Kier molecular flexibility index (Phi) is 3.47. The summed E-state index contributed by atoms with van der Waals surface area (Å²) < 4.78 is 5.41. The summed E-state index contributed by atoms with van der Waals surface area (Å²) >= 11 is 3.22. The molecule has 1 aromatic rings. The van der Waals surface area contributed by atoms with Crippen molar-refractivity contribution in [2.75, 3.05) is 10.6 Å². The Morgan fingerprint density at radius 1 is 1.53 bits per heavy atom. The van der Waals surface area contributed by atoms with Crippen molar-refractivity contribution in [2.45, 2.75) is 19.4 Å². The molecular formula is C12H12BrNO3. The molecule has 0 aromatic heterocycles. The third-order valence-electron chi connectivity index (χ3n) is 2.55. The summed E-state index contributed by atoms with van der Waals surface area (Å²) in [6.07, 6.45) is -0.0594. The first-order valence-corrected chi connectivity index (χ1v) is 6.44. The number of Topliss-reactive ketones (excluding diaryl/α,β-unsaturated/α-hetero) is 1. The molecule has 1 atom stereocenters. The maximum Gasteiger partial charge on any atom is 0.265 e. The first-order valence-electron chi connectivity index (χ1n) is 5.32. The Bertz CT molecular complexity index is 473. The van der Waals surface area contributed by atoms with E-state index in [4.69, 9.17) is 4.74 Å². The molecule has 1 unspecified atom stereocenters. The molecule has 1 N–H and O–H groups in total. The van der Waals surface area contributed by atoms with Crippen LogP contribution in [0.5, 0.6) is 5.75 Å². The Morgan fingerprint density at radius 3 is 3.00 bits per heavy atom. The van der Waals surface area contributed by atoms with Gasteiger partial charge in [-0.3, -0.25) is 9.59 Å². The Labute approximate surface area is 107 Å². The van der Waals surface area contributed by atoms with Gasteiger partial charge in [0.25, 0.3) is 5.91 Å². The summed E-state index contributed by atoms with van der Waals surface area (Å²) in [7, 11) is 0. The molecular weight excluding hydrogens is 286 g/mol. The SMILES string of the molecule is CC1Oc2ccc(C(=O)CCBr)cc2NC1=O. The topological polar surface area (TPSA) is 55.4 Å². The van der Waals surface area contributed by atoms with Gasteiger partial charge in [0.05, 0.1) is 5.69 Å². The number of carbonyl (C=O) groups excluding carboxylic acids is 2. The largest absolute Gasteiger partial charge is 0.479 e. The van der Waals surface area contributed by atoms with Crippen LogP contribution in [0.15, 0.2) is 18.2 Å². The van der Waals surface area contributed by atoms with Crippen LogP contribution in [0, 0.1) is 0 Å². The van der Waals surface area contributed by atoms with E-state index in [-0.39, 0.29) is 11.7 Å². The minimum absolute atomic E-state index is 0.0394. The molecule has 5 heteroatoms. The van der Waals surface area contributed by atoms with Gasteiger partial charge in [-0.1, -0.05) is 15.9 Å². The molecule has 90 valence electrons. The standard InChI is InChI=1S/C12H12BrNO3/c1-7-12(16)14-9-6-8(10(15)4-5-13)2-3-11(9)17-7/h2-3,6-7H,4-5H2,1H3,(H,14,16). The van der Waals surface area contributed by atoms with Gasteiger partial charge in [-0.15, -0.1) is 0 Å². The summed E-state index contributed by atoms with van der Waals surface area (Å²) in [5.41, 5.74) is 1.15. The molecule has 0 spiro atoms. The average molecular weight is 298 g/mol. The number of nitrogens with one attached hydrogen (secondary N) is 1. The highest BCUT2D eigenvalue weighted by Gasteiger charge is 2.24. The van der Waals surface area contributed by atoms with Gasteiger partial charge in [0.15, 0.2) is 11.9 Å². The van der Waals surface area contributed by atoms with Gasteiger partial charge in [0, 0.05) is 17.3 Å². The van der Waals surface area contributed by atoms with Gasteiger partial charge in [-0.2, -0.15) is 0 Å². The third kappa shape index (κ3) is 2.49.